The van der Waals surface area contributed by atoms with Gasteiger partial charge >= 0.3 is 5.97 Å². The number of nitrogens with zero attached hydrogens (tertiary/aromatic N) is 1. The van der Waals surface area contributed by atoms with Crippen molar-refractivity contribution in [2.24, 2.45) is 5.92 Å². The number of piperidine rings is 1. The van der Waals surface area contributed by atoms with Crippen molar-refractivity contribution in [3.8, 4) is 0 Å². The lowest BCUT2D eigenvalue weighted by Gasteiger charge is -2.42. The van der Waals surface area contributed by atoms with E-state index in [-0.39, 0.29) is 0 Å². The molecular weight excluding hydrogens is 222 g/mol. The van der Waals surface area contributed by atoms with Gasteiger partial charge in [0.15, 0.2) is 0 Å². The fraction of sp³-hybridized carbons (Fsp3) is 0.917. The van der Waals surface area contributed by atoms with Gasteiger partial charge in [-0.25, -0.2) is 0 Å². The molecule has 2 fully saturated rings. The maximum Gasteiger partial charge on any atom is 0.325 e. The van der Waals surface area contributed by atoms with Crippen LogP contribution in [0.5, 0.6) is 0 Å². The van der Waals surface area contributed by atoms with Gasteiger partial charge in [-0.3, -0.25) is 9.69 Å². The number of carbonyl (C=O) groups is 1. The second-order valence-electron chi connectivity index (χ2n) is 5.00. The summed E-state index contributed by atoms with van der Waals surface area (Å²) in [6, 6.07) is 0. The number of rotatable bonds is 3. The van der Waals surface area contributed by atoms with Crippen molar-refractivity contribution >= 4 is 17.7 Å². The summed E-state index contributed by atoms with van der Waals surface area (Å²) in [5.41, 5.74) is -0.543. The van der Waals surface area contributed by atoms with Crippen LogP contribution in [0.2, 0.25) is 0 Å². The van der Waals surface area contributed by atoms with Gasteiger partial charge in [-0.1, -0.05) is 13.3 Å². The summed E-state index contributed by atoms with van der Waals surface area (Å²) in [6.07, 6.45) is 4.44. The van der Waals surface area contributed by atoms with Crippen LogP contribution in [0, 0.1) is 5.92 Å². The number of thioether (sulfide) groups is 1. The highest BCUT2D eigenvalue weighted by Crippen LogP contribution is 2.36. The van der Waals surface area contributed by atoms with Crippen LogP contribution in [0.4, 0.5) is 0 Å². The van der Waals surface area contributed by atoms with E-state index >= 15 is 0 Å². The van der Waals surface area contributed by atoms with Crippen molar-refractivity contribution in [1.82, 2.24) is 4.90 Å². The molecule has 4 heteroatoms. The monoisotopic (exact) mass is 243 g/mol. The van der Waals surface area contributed by atoms with Gasteiger partial charge in [-0.2, -0.15) is 11.8 Å². The van der Waals surface area contributed by atoms with Gasteiger partial charge in [0.05, 0.1) is 0 Å². The van der Waals surface area contributed by atoms with Crippen LogP contribution in [-0.2, 0) is 4.79 Å². The van der Waals surface area contributed by atoms with Crippen molar-refractivity contribution < 1.29 is 9.90 Å². The molecule has 0 saturated carbocycles. The highest BCUT2D eigenvalue weighted by Gasteiger charge is 2.47. The topological polar surface area (TPSA) is 40.5 Å². The lowest BCUT2D eigenvalue weighted by molar-refractivity contribution is -0.151. The lowest BCUT2D eigenvalue weighted by atomic mass is 9.88. The molecule has 0 aromatic rings. The van der Waals surface area contributed by atoms with Crippen LogP contribution >= 0.6 is 11.8 Å². The van der Waals surface area contributed by atoms with Crippen LogP contribution in [0.15, 0.2) is 0 Å². The van der Waals surface area contributed by atoms with E-state index in [1.807, 2.05) is 0 Å². The Morgan fingerprint density at radius 2 is 2.44 bits per heavy atom. The highest BCUT2D eigenvalue weighted by atomic mass is 32.2. The number of hydrogen-bond donors (Lipinski definition) is 1. The van der Waals surface area contributed by atoms with Crippen LogP contribution < -0.4 is 0 Å². The zero-order chi connectivity index (χ0) is 11.6. The van der Waals surface area contributed by atoms with Crippen molar-refractivity contribution in [1.29, 1.82) is 0 Å². The van der Waals surface area contributed by atoms with Crippen molar-refractivity contribution in [2.75, 3.05) is 24.6 Å². The molecule has 2 saturated heterocycles. The minimum atomic E-state index is -0.603. The molecule has 2 unspecified atom stereocenters. The number of hydrogen-bond acceptors (Lipinski definition) is 3. The predicted molar refractivity (Wildman–Crippen MR) is 66.9 cm³/mol. The van der Waals surface area contributed by atoms with E-state index < -0.39 is 11.5 Å². The van der Waals surface area contributed by atoms with Crippen LogP contribution in [0.3, 0.4) is 0 Å². The second-order valence-corrected chi connectivity index (χ2v) is 6.11. The Morgan fingerprint density at radius 3 is 3.00 bits per heavy atom. The molecule has 0 spiro atoms. The smallest absolute Gasteiger partial charge is 0.325 e. The van der Waals surface area contributed by atoms with E-state index in [1.54, 1.807) is 11.8 Å². The summed E-state index contributed by atoms with van der Waals surface area (Å²) in [5, 5.41) is 9.52. The molecule has 0 aliphatic carbocycles. The summed E-state index contributed by atoms with van der Waals surface area (Å²) in [4.78, 5) is 13.8. The molecular formula is C12H21NO2S. The lowest BCUT2D eigenvalue weighted by Crippen LogP contribution is -2.58. The Bertz CT molecular complexity index is 264. The fourth-order valence-corrected chi connectivity index (χ4v) is 4.31. The van der Waals surface area contributed by atoms with Gasteiger partial charge in [-0.15, -0.1) is 0 Å². The van der Waals surface area contributed by atoms with Gasteiger partial charge in [-0.05, 0) is 37.5 Å². The molecule has 2 rings (SSSR count). The molecule has 0 amide bonds. The zero-order valence-corrected chi connectivity index (χ0v) is 10.8. The van der Waals surface area contributed by atoms with E-state index in [4.69, 9.17) is 0 Å². The number of carboxylic acids is 1. The van der Waals surface area contributed by atoms with Gasteiger partial charge in [0.2, 0.25) is 0 Å². The molecule has 0 radical (unpaired) electrons. The van der Waals surface area contributed by atoms with Gasteiger partial charge < -0.3 is 5.11 Å². The Kier molecular flexibility index (Phi) is 3.80. The Balaban J connectivity index is 2.11. The fourth-order valence-electron chi connectivity index (χ4n) is 2.89. The third-order valence-electron chi connectivity index (χ3n) is 4.10. The Hall–Kier alpha value is -0.220. The van der Waals surface area contributed by atoms with E-state index in [0.29, 0.717) is 5.92 Å². The van der Waals surface area contributed by atoms with Gasteiger partial charge in [0.25, 0.3) is 0 Å². The minimum absolute atomic E-state index is 0.543. The molecule has 16 heavy (non-hydrogen) atoms. The van der Waals surface area contributed by atoms with E-state index in [1.165, 1.54) is 12.8 Å². The number of aliphatic carboxylic acids is 1. The zero-order valence-electron chi connectivity index (χ0n) is 9.95. The van der Waals surface area contributed by atoms with Gasteiger partial charge in [0, 0.05) is 12.3 Å². The third kappa shape index (κ3) is 2.09. The maximum atomic E-state index is 11.6. The van der Waals surface area contributed by atoms with Crippen LogP contribution in [0.1, 0.15) is 32.6 Å². The molecule has 3 nitrogen and oxygen atoms in total. The van der Waals surface area contributed by atoms with Crippen molar-refractivity contribution in [2.45, 2.75) is 38.1 Å². The highest BCUT2D eigenvalue weighted by molar-refractivity contribution is 7.99. The molecule has 92 valence electrons. The summed E-state index contributed by atoms with van der Waals surface area (Å²) in [6.45, 7) is 4.18. The van der Waals surface area contributed by atoms with E-state index in [2.05, 4.69) is 11.8 Å². The molecule has 2 heterocycles. The third-order valence-corrected chi connectivity index (χ3v) is 5.28. The summed E-state index contributed by atoms with van der Waals surface area (Å²) in [5.74, 6) is 1.88. The maximum absolute atomic E-state index is 11.6. The van der Waals surface area contributed by atoms with E-state index in [9.17, 15) is 9.90 Å². The quantitative estimate of drug-likeness (QED) is 0.824. The molecule has 2 atom stereocenters. The number of likely N-dealkylation sites (tertiary alicyclic amines) is 1. The average molecular weight is 243 g/mol. The standard InChI is InChI=1S/C12H21NO2S/c1-2-10-4-3-6-13(8-10)12(11(14)15)5-7-16-9-12/h10H,2-9H2,1H3,(H,14,15). The SMILES string of the molecule is CCC1CCCN(C2(C(=O)O)CCSC2)C1. The minimum Gasteiger partial charge on any atom is -0.480 e. The van der Waals surface area contributed by atoms with E-state index in [0.717, 1.165) is 37.4 Å². The first-order valence-corrected chi connectivity index (χ1v) is 7.40. The summed E-state index contributed by atoms with van der Waals surface area (Å²) >= 11 is 1.79. The first-order chi connectivity index (χ1) is 7.69. The molecule has 0 aromatic carbocycles. The average Bonchev–Trinajstić information content (AvgIpc) is 2.79. The Morgan fingerprint density at radius 1 is 1.62 bits per heavy atom. The second kappa shape index (κ2) is 4.96. The largest absolute Gasteiger partial charge is 0.480 e. The molecule has 1 N–H and O–H groups in total. The van der Waals surface area contributed by atoms with Crippen molar-refractivity contribution in [3.63, 3.8) is 0 Å². The predicted octanol–water partition coefficient (Wildman–Crippen LogP) is 2.07. The first kappa shape index (κ1) is 12.2. The van der Waals surface area contributed by atoms with Crippen LogP contribution in [-0.4, -0.2) is 46.1 Å². The normalized spacial score (nSPS) is 36.4. The van der Waals surface area contributed by atoms with Gasteiger partial charge in [0.1, 0.15) is 5.54 Å². The Labute approximate surface area is 102 Å². The summed E-state index contributed by atoms with van der Waals surface area (Å²) in [7, 11) is 0. The van der Waals surface area contributed by atoms with Crippen molar-refractivity contribution in [3.05, 3.63) is 0 Å². The van der Waals surface area contributed by atoms with Crippen LogP contribution in [0.25, 0.3) is 0 Å². The number of carboxylic acid groups (broad SMARTS) is 1. The molecule has 0 bridgehead atoms. The summed E-state index contributed by atoms with van der Waals surface area (Å²) < 4.78 is 0. The molecule has 2 aliphatic rings. The molecule has 2 aliphatic heterocycles. The first-order valence-electron chi connectivity index (χ1n) is 6.25. The molecule has 0 aromatic heterocycles.